The molecule has 0 heterocycles. The Morgan fingerprint density at radius 3 is 2.29 bits per heavy atom. The molecule has 0 bridgehead atoms. The van der Waals surface area contributed by atoms with Crippen molar-refractivity contribution in [1.29, 1.82) is 0 Å². The first-order valence-electron chi connectivity index (χ1n) is 5.05. The Morgan fingerprint density at radius 2 is 2.00 bits per heavy atom. The normalized spacial score (nSPS) is 14.2. The first kappa shape index (κ1) is 16.2. The van der Waals surface area contributed by atoms with Crippen LogP contribution in [-0.4, -0.2) is 39.0 Å². The lowest BCUT2D eigenvalue weighted by Crippen LogP contribution is -2.45. The lowest BCUT2D eigenvalue weighted by atomic mass is 9.82. The smallest absolute Gasteiger partial charge is 0.302 e. The number of methoxy groups -OCH3 is 2. The highest BCUT2D eigenvalue weighted by Crippen LogP contribution is 2.35. The topological polar surface area (TPSA) is 44.8 Å². The molecule has 0 fully saturated rings. The fourth-order valence-corrected chi connectivity index (χ4v) is 1.86. The predicted octanol–water partition coefficient (Wildman–Crippen LogP) is 2.14. The molecule has 0 aliphatic heterocycles. The summed E-state index contributed by atoms with van der Waals surface area (Å²) < 4.78 is 15.4. The molecular formula is C12H19ClO4. The molecule has 0 rings (SSSR count). The van der Waals surface area contributed by atoms with Gasteiger partial charge in [-0.05, 0) is 5.57 Å². The van der Waals surface area contributed by atoms with Crippen molar-refractivity contribution in [1.82, 2.24) is 0 Å². The molecule has 5 heteroatoms. The lowest BCUT2D eigenvalue weighted by molar-refractivity contribution is -0.179. The molecule has 0 aromatic rings. The second-order valence-electron chi connectivity index (χ2n) is 3.60. The van der Waals surface area contributed by atoms with E-state index in [1.165, 1.54) is 21.1 Å². The van der Waals surface area contributed by atoms with E-state index >= 15 is 0 Å². The molecule has 0 aliphatic carbocycles. The molecule has 0 saturated carbocycles. The van der Waals surface area contributed by atoms with Crippen LogP contribution in [0.15, 0.2) is 24.8 Å². The van der Waals surface area contributed by atoms with Crippen molar-refractivity contribution in [2.24, 2.45) is 5.41 Å². The summed E-state index contributed by atoms with van der Waals surface area (Å²) in [7, 11) is 2.97. The van der Waals surface area contributed by atoms with E-state index in [1.807, 2.05) is 0 Å². The van der Waals surface area contributed by atoms with Crippen molar-refractivity contribution >= 4 is 17.6 Å². The van der Waals surface area contributed by atoms with Gasteiger partial charge in [-0.1, -0.05) is 19.2 Å². The zero-order valence-electron chi connectivity index (χ0n) is 10.5. The van der Waals surface area contributed by atoms with Crippen LogP contribution in [0.1, 0.15) is 6.92 Å². The first-order chi connectivity index (χ1) is 7.98. The van der Waals surface area contributed by atoms with E-state index in [0.29, 0.717) is 5.57 Å². The van der Waals surface area contributed by atoms with Crippen LogP contribution in [-0.2, 0) is 19.0 Å². The van der Waals surface area contributed by atoms with Crippen LogP contribution in [0.2, 0.25) is 0 Å². The van der Waals surface area contributed by atoms with Crippen molar-refractivity contribution in [3.05, 3.63) is 24.8 Å². The monoisotopic (exact) mass is 262 g/mol. The van der Waals surface area contributed by atoms with E-state index in [-0.39, 0.29) is 12.5 Å². The summed E-state index contributed by atoms with van der Waals surface area (Å²) in [5, 5.41) is 0. The summed E-state index contributed by atoms with van der Waals surface area (Å²) >= 11 is 5.97. The van der Waals surface area contributed by atoms with Crippen LogP contribution in [0.3, 0.4) is 0 Å². The van der Waals surface area contributed by atoms with Gasteiger partial charge >= 0.3 is 5.97 Å². The minimum atomic E-state index is -0.835. The summed E-state index contributed by atoms with van der Waals surface area (Å²) in [5.74, 6) is -0.264. The summed E-state index contributed by atoms with van der Waals surface area (Å²) in [6.45, 7) is 8.85. The van der Waals surface area contributed by atoms with Gasteiger partial charge in [0.2, 0.25) is 0 Å². The van der Waals surface area contributed by atoms with Crippen LogP contribution in [0.25, 0.3) is 0 Å². The van der Waals surface area contributed by atoms with Crippen LogP contribution >= 0.6 is 11.6 Å². The molecule has 0 aromatic carbocycles. The molecule has 0 saturated heterocycles. The zero-order valence-corrected chi connectivity index (χ0v) is 11.3. The van der Waals surface area contributed by atoms with Gasteiger partial charge < -0.3 is 14.2 Å². The third-order valence-electron chi connectivity index (χ3n) is 2.54. The highest BCUT2D eigenvalue weighted by Gasteiger charge is 2.42. The maximum absolute atomic E-state index is 10.9. The minimum absolute atomic E-state index is 0.0308. The van der Waals surface area contributed by atoms with Crippen molar-refractivity contribution in [3.63, 3.8) is 0 Å². The quantitative estimate of drug-likeness (QED) is 0.291. The molecule has 1 unspecified atom stereocenters. The Hall–Kier alpha value is -0.840. The Morgan fingerprint density at radius 1 is 1.47 bits per heavy atom. The van der Waals surface area contributed by atoms with E-state index < -0.39 is 17.7 Å². The Balaban J connectivity index is 5.18. The average Bonchev–Trinajstić information content (AvgIpc) is 2.33. The summed E-state index contributed by atoms with van der Waals surface area (Å²) in [6, 6.07) is 0. The van der Waals surface area contributed by atoms with Gasteiger partial charge in [0.25, 0.3) is 0 Å². The number of carbonyl (C=O) groups is 1. The molecule has 0 radical (unpaired) electrons. The largest absolute Gasteiger partial charge is 0.465 e. The number of allylic oxidation sites excluding steroid dienone is 1. The number of esters is 1. The number of carbonyl (C=O) groups excluding carboxylic acids is 1. The molecule has 0 aliphatic rings. The second-order valence-corrected chi connectivity index (χ2v) is 3.87. The van der Waals surface area contributed by atoms with Gasteiger partial charge in [-0.2, -0.15) is 0 Å². The number of hydrogen-bond acceptors (Lipinski definition) is 4. The number of rotatable bonds is 8. The van der Waals surface area contributed by atoms with Crippen molar-refractivity contribution in [3.8, 4) is 0 Å². The van der Waals surface area contributed by atoms with Crippen LogP contribution < -0.4 is 0 Å². The van der Waals surface area contributed by atoms with E-state index in [4.69, 9.17) is 25.8 Å². The van der Waals surface area contributed by atoms with Crippen LogP contribution in [0, 0.1) is 5.41 Å². The number of hydrogen-bond donors (Lipinski definition) is 0. The van der Waals surface area contributed by atoms with Crippen LogP contribution in [0.4, 0.5) is 0 Å². The van der Waals surface area contributed by atoms with Crippen molar-refractivity contribution < 1.29 is 19.0 Å². The number of ether oxygens (including phenoxy) is 3. The van der Waals surface area contributed by atoms with Gasteiger partial charge in [0, 0.05) is 27.0 Å². The number of halogens is 1. The fourth-order valence-electron chi connectivity index (χ4n) is 1.48. The molecule has 98 valence electrons. The molecule has 1 atom stereocenters. The minimum Gasteiger partial charge on any atom is -0.465 e. The van der Waals surface area contributed by atoms with Gasteiger partial charge in [0.1, 0.15) is 6.61 Å². The van der Waals surface area contributed by atoms with Gasteiger partial charge in [-0.15, -0.1) is 11.6 Å². The molecule has 0 aromatic heterocycles. The van der Waals surface area contributed by atoms with E-state index in [2.05, 4.69) is 13.2 Å². The first-order valence-corrected chi connectivity index (χ1v) is 5.58. The molecule has 0 N–H and O–H groups in total. The molecule has 0 amide bonds. The van der Waals surface area contributed by atoms with Gasteiger partial charge in [-0.3, -0.25) is 4.79 Å². The third-order valence-corrected chi connectivity index (χ3v) is 3.01. The standard InChI is InChI=1S/C12H19ClO4/c1-6-9(2)12(7-13,8-17-10(3)14)11(15-4)16-5/h6,11H,1-2,7-8H2,3-5H3. The molecule has 17 heavy (non-hydrogen) atoms. The van der Waals surface area contributed by atoms with Crippen molar-refractivity contribution in [2.45, 2.75) is 13.2 Å². The Labute approximate surface area is 107 Å². The van der Waals surface area contributed by atoms with E-state index in [1.54, 1.807) is 6.08 Å². The molecule has 0 spiro atoms. The summed E-state index contributed by atoms with van der Waals surface area (Å²) in [4.78, 5) is 10.9. The maximum atomic E-state index is 10.9. The summed E-state index contributed by atoms with van der Waals surface area (Å²) in [6.07, 6.45) is 0.890. The Bertz CT molecular complexity index is 286. The molecule has 4 nitrogen and oxygen atoms in total. The highest BCUT2D eigenvalue weighted by molar-refractivity contribution is 6.18. The third kappa shape index (κ3) is 3.84. The predicted molar refractivity (Wildman–Crippen MR) is 66.9 cm³/mol. The van der Waals surface area contributed by atoms with E-state index in [0.717, 1.165) is 0 Å². The number of alkyl halides is 1. The lowest BCUT2D eigenvalue weighted by Gasteiger charge is -2.37. The molecular weight excluding hydrogens is 244 g/mol. The van der Waals surface area contributed by atoms with Crippen LogP contribution in [0.5, 0.6) is 0 Å². The highest BCUT2D eigenvalue weighted by atomic mass is 35.5. The van der Waals surface area contributed by atoms with Crippen molar-refractivity contribution in [2.75, 3.05) is 26.7 Å². The SMILES string of the molecule is C=CC(=C)C(CCl)(COC(C)=O)C(OC)OC. The van der Waals surface area contributed by atoms with E-state index in [9.17, 15) is 4.79 Å². The fraction of sp³-hybridized carbons (Fsp3) is 0.583. The van der Waals surface area contributed by atoms with Gasteiger partial charge in [0.15, 0.2) is 6.29 Å². The summed E-state index contributed by atoms with van der Waals surface area (Å²) in [5.41, 5.74) is -0.235. The van der Waals surface area contributed by atoms with Gasteiger partial charge in [-0.25, -0.2) is 0 Å². The van der Waals surface area contributed by atoms with Gasteiger partial charge in [0.05, 0.1) is 5.41 Å². The average molecular weight is 263 g/mol. The maximum Gasteiger partial charge on any atom is 0.302 e. The second kappa shape index (κ2) is 7.48. The zero-order chi connectivity index (χ0) is 13.5. The Kier molecular flexibility index (Phi) is 7.11.